The first-order valence-electron chi connectivity index (χ1n) is 10.8. The third kappa shape index (κ3) is 3.23. The van der Waals surface area contributed by atoms with Gasteiger partial charge < -0.3 is 19.6 Å². The molecule has 162 valence electrons. The molecule has 6 rings (SSSR count). The predicted octanol–water partition coefficient (Wildman–Crippen LogP) is 3.70. The van der Waals surface area contributed by atoms with E-state index < -0.39 is 5.60 Å². The van der Waals surface area contributed by atoms with Crippen LogP contribution in [0.3, 0.4) is 0 Å². The highest BCUT2D eigenvalue weighted by atomic mass is 16.5. The minimum Gasteiger partial charge on any atom is -0.436 e. The third-order valence-corrected chi connectivity index (χ3v) is 6.33. The van der Waals surface area contributed by atoms with Gasteiger partial charge in [-0.2, -0.15) is 0 Å². The summed E-state index contributed by atoms with van der Waals surface area (Å²) < 4.78 is 11.4. The molecule has 1 amide bonds. The second-order valence-electron chi connectivity index (χ2n) is 8.67. The van der Waals surface area contributed by atoms with E-state index in [1.807, 2.05) is 31.2 Å². The first-order valence-corrected chi connectivity index (χ1v) is 10.8. The van der Waals surface area contributed by atoms with E-state index in [9.17, 15) is 9.90 Å². The molecule has 2 fully saturated rings. The Morgan fingerprint density at radius 2 is 2.06 bits per heavy atom. The maximum atomic E-state index is 12.2. The lowest BCUT2D eigenvalue weighted by molar-refractivity contribution is -0.117. The fourth-order valence-corrected chi connectivity index (χ4v) is 4.19. The second-order valence-corrected chi connectivity index (χ2v) is 8.67. The molecule has 0 spiro atoms. The van der Waals surface area contributed by atoms with Crippen molar-refractivity contribution in [3.63, 3.8) is 0 Å². The van der Waals surface area contributed by atoms with Gasteiger partial charge in [-0.1, -0.05) is 6.07 Å². The Bertz CT molecular complexity index is 1370. The molecule has 2 aliphatic rings. The van der Waals surface area contributed by atoms with E-state index in [0.29, 0.717) is 35.8 Å². The number of amides is 1. The molecule has 1 aliphatic carbocycles. The smallest absolute Gasteiger partial charge is 0.229 e. The second kappa shape index (κ2) is 7.08. The monoisotopic (exact) mass is 430 g/mol. The van der Waals surface area contributed by atoms with Crippen LogP contribution in [0.5, 0.6) is 0 Å². The van der Waals surface area contributed by atoms with Crippen LogP contribution in [-0.4, -0.2) is 39.2 Å². The number of benzene rings is 1. The minimum absolute atomic E-state index is 0.00685. The van der Waals surface area contributed by atoms with Crippen LogP contribution in [0.2, 0.25) is 0 Å². The van der Waals surface area contributed by atoms with E-state index in [1.165, 1.54) is 0 Å². The fraction of sp³-hybridized carbons (Fsp3) is 0.333. The predicted molar refractivity (Wildman–Crippen MR) is 118 cm³/mol. The Morgan fingerprint density at radius 3 is 2.84 bits per heavy atom. The van der Waals surface area contributed by atoms with Crippen molar-refractivity contribution in [3.8, 4) is 11.5 Å². The molecule has 1 aromatic carbocycles. The summed E-state index contributed by atoms with van der Waals surface area (Å²) in [4.78, 5) is 25.8. The quantitative estimate of drug-likeness (QED) is 0.508. The zero-order valence-corrected chi connectivity index (χ0v) is 17.6. The topological polar surface area (TPSA) is 110 Å². The summed E-state index contributed by atoms with van der Waals surface area (Å²) in [7, 11) is 0. The van der Waals surface area contributed by atoms with E-state index in [4.69, 9.17) is 9.15 Å². The summed E-state index contributed by atoms with van der Waals surface area (Å²) in [6.45, 7) is 2.73. The number of aliphatic hydroxyl groups is 1. The van der Waals surface area contributed by atoms with Gasteiger partial charge in [0, 0.05) is 47.8 Å². The highest BCUT2D eigenvalue weighted by molar-refractivity contribution is 6.00. The number of nitrogens with zero attached hydrogens (tertiary/aromatic N) is 3. The number of ether oxygens (including phenoxy) is 1. The van der Waals surface area contributed by atoms with Crippen molar-refractivity contribution < 1.29 is 19.1 Å². The summed E-state index contributed by atoms with van der Waals surface area (Å²) in [6, 6.07) is 7.37. The van der Waals surface area contributed by atoms with Crippen LogP contribution in [0.4, 0.5) is 5.82 Å². The summed E-state index contributed by atoms with van der Waals surface area (Å²) in [6.07, 6.45) is 5.87. The van der Waals surface area contributed by atoms with Crippen LogP contribution < -0.4 is 5.32 Å². The average Bonchev–Trinajstić information content (AvgIpc) is 3.41. The maximum absolute atomic E-state index is 12.2. The fourth-order valence-electron chi connectivity index (χ4n) is 4.19. The molecular weight excluding hydrogens is 408 g/mol. The number of fused-ring (bicyclic) bond motifs is 2. The van der Waals surface area contributed by atoms with Crippen molar-refractivity contribution >= 4 is 33.6 Å². The number of nitrogens with one attached hydrogen (secondary N) is 1. The summed E-state index contributed by atoms with van der Waals surface area (Å²) >= 11 is 0. The van der Waals surface area contributed by atoms with Crippen LogP contribution in [0.25, 0.3) is 33.3 Å². The normalized spacial score (nSPS) is 20.8. The first-order chi connectivity index (χ1) is 15.5. The number of pyridine rings is 2. The molecule has 1 saturated carbocycles. The number of rotatable bonds is 4. The van der Waals surface area contributed by atoms with Crippen molar-refractivity contribution in [1.29, 1.82) is 0 Å². The molecule has 4 aromatic rings. The number of aryl methyl sites for hydroxylation is 1. The van der Waals surface area contributed by atoms with Crippen molar-refractivity contribution in [3.05, 3.63) is 47.9 Å². The van der Waals surface area contributed by atoms with Crippen LogP contribution in [0, 0.1) is 12.8 Å². The molecule has 1 aliphatic heterocycles. The molecule has 1 atom stereocenters. The van der Waals surface area contributed by atoms with E-state index in [1.54, 1.807) is 12.4 Å². The van der Waals surface area contributed by atoms with Gasteiger partial charge >= 0.3 is 0 Å². The largest absolute Gasteiger partial charge is 0.436 e. The first kappa shape index (κ1) is 19.3. The number of anilines is 1. The van der Waals surface area contributed by atoms with Gasteiger partial charge in [0.15, 0.2) is 5.58 Å². The summed E-state index contributed by atoms with van der Waals surface area (Å²) in [5.41, 5.74) is 2.60. The number of oxazole rings is 1. The molecule has 8 nitrogen and oxygen atoms in total. The van der Waals surface area contributed by atoms with Crippen LogP contribution in [-0.2, 0) is 15.1 Å². The molecule has 4 heterocycles. The maximum Gasteiger partial charge on any atom is 0.229 e. The lowest BCUT2D eigenvalue weighted by atomic mass is 9.93. The molecule has 8 heteroatoms. The highest BCUT2D eigenvalue weighted by Crippen LogP contribution is 2.36. The van der Waals surface area contributed by atoms with Gasteiger partial charge in [-0.25, -0.2) is 9.97 Å². The molecule has 0 bridgehead atoms. The Kier molecular flexibility index (Phi) is 4.28. The number of hydrogen-bond acceptors (Lipinski definition) is 7. The number of carbonyl (C=O) groups is 1. The van der Waals surface area contributed by atoms with Gasteiger partial charge in [-0.05, 0) is 43.5 Å². The van der Waals surface area contributed by atoms with E-state index >= 15 is 0 Å². The van der Waals surface area contributed by atoms with Gasteiger partial charge in [-0.3, -0.25) is 9.78 Å². The van der Waals surface area contributed by atoms with Gasteiger partial charge in [-0.15, -0.1) is 0 Å². The van der Waals surface area contributed by atoms with Gasteiger partial charge in [0.25, 0.3) is 0 Å². The third-order valence-electron chi connectivity index (χ3n) is 6.33. The zero-order chi connectivity index (χ0) is 21.9. The number of hydrogen-bond donors (Lipinski definition) is 2. The van der Waals surface area contributed by atoms with Crippen molar-refractivity contribution in [2.45, 2.75) is 31.8 Å². The van der Waals surface area contributed by atoms with Crippen LogP contribution >= 0.6 is 0 Å². The van der Waals surface area contributed by atoms with E-state index in [0.717, 1.165) is 40.4 Å². The average molecular weight is 430 g/mol. The molecule has 0 radical (unpaired) electrons. The molecule has 1 saturated heterocycles. The van der Waals surface area contributed by atoms with Crippen LogP contribution in [0.1, 0.15) is 30.5 Å². The minimum atomic E-state index is -0.994. The Balaban J connectivity index is 1.43. The van der Waals surface area contributed by atoms with Crippen molar-refractivity contribution in [2.75, 3.05) is 18.5 Å². The van der Waals surface area contributed by atoms with Gasteiger partial charge in [0.1, 0.15) is 16.9 Å². The zero-order valence-electron chi connectivity index (χ0n) is 17.6. The van der Waals surface area contributed by atoms with Gasteiger partial charge in [0.05, 0.1) is 12.2 Å². The standard InChI is InChI=1S/C24H22N4O4/c1-13-17-10-26-21(28-22(29)14-2-3-14)9-16(17)18(11-25-13)23-27-19-8-15(4-5-20(19)32-23)24(30)6-7-31-12-24/h4-5,8-11,14,30H,2-3,6-7,12H2,1H3,(H,26,28,29)/t24-/m0/s1. The molecule has 3 aromatic heterocycles. The summed E-state index contributed by atoms with van der Waals surface area (Å²) in [5.74, 6) is 1.03. The van der Waals surface area contributed by atoms with Crippen molar-refractivity contribution in [2.24, 2.45) is 5.92 Å². The van der Waals surface area contributed by atoms with E-state index in [-0.39, 0.29) is 18.4 Å². The SMILES string of the molecule is Cc1ncc(-c2nc3cc([C@]4(O)CCOC4)ccc3o2)c2cc(NC(=O)C3CC3)ncc12. The molecular formula is C24H22N4O4. The number of aromatic nitrogens is 3. The highest BCUT2D eigenvalue weighted by Gasteiger charge is 2.34. The van der Waals surface area contributed by atoms with E-state index in [2.05, 4.69) is 20.3 Å². The molecule has 2 N–H and O–H groups in total. The molecule has 0 unspecified atom stereocenters. The van der Waals surface area contributed by atoms with Crippen molar-refractivity contribution in [1.82, 2.24) is 15.0 Å². The Morgan fingerprint density at radius 1 is 1.19 bits per heavy atom. The van der Waals surface area contributed by atoms with Crippen LogP contribution in [0.15, 0.2) is 41.1 Å². The Labute approximate surface area is 183 Å². The lowest BCUT2D eigenvalue weighted by Gasteiger charge is -2.20. The van der Waals surface area contributed by atoms with Gasteiger partial charge in [0.2, 0.25) is 11.8 Å². The summed E-state index contributed by atoms with van der Waals surface area (Å²) in [5, 5.41) is 15.5. The molecule has 32 heavy (non-hydrogen) atoms. The lowest BCUT2D eigenvalue weighted by Crippen LogP contribution is -2.25. The number of carbonyl (C=O) groups excluding carboxylic acids is 1. The Hall–Kier alpha value is -3.36.